The van der Waals surface area contributed by atoms with Crippen LogP contribution in [-0.2, 0) is 4.74 Å². The van der Waals surface area contributed by atoms with Gasteiger partial charge < -0.3 is 20.1 Å². The van der Waals surface area contributed by atoms with Crippen LogP contribution in [0.15, 0.2) is 29.7 Å². The number of nitrogens with zero attached hydrogens (tertiary/aromatic N) is 1. The lowest BCUT2D eigenvalue weighted by Gasteiger charge is -2.30. The van der Waals surface area contributed by atoms with Crippen LogP contribution in [0.2, 0.25) is 0 Å². The number of piperidine rings is 1. The molecule has 0 aliphatic carbocycles. The summed E-state index contributed by atoms with van der Waals surface area (Å²) in [6.45, 7) is 1.23. The Morgan fingerprint density at radius 1 is 1.42 bits per heavy atom. The van der Waals surface area contributed by atoms with Crippen LogP contribution in [0.3, 0.4) is 0 Å². The molecule has 10 heteroatoms. The number of amides is 2. The second kappa shape index (κ2) is 9.29. The summed E-state index contributed by atoms with van der Waals surface area (Å²) >= 11 is 1.37. The van der Waals surface area contributed by atoms with Crippen molar-refractivity contribution >= 4 is 28.8 Å². The Balaban J connectivity index is 1.42. The van der Waals surface area contributed by atoms with Crippen molar-refractivity contribution in [3.8, 4) is 16.3 Å². The number of nitrogens with one attached hydrogen (secondary N) is 3. The van der Waals surface area contributed by atoms with Crippen LogP contribution >= 0.6 is 11.3 Å². The second-order valence-corrected chi connectivity index (χ2v) is 8.35. The van der Waals surface area contributed by atoms with Gasteiger partial charge in [0.2, 0.25) is 0 Å². The maximum atomic E-state index is 13.5. The molecule has 31 heavy (non-hydrogen) atoms. The van der Waals surface area contributed by atoms with E-state index < -0.39 is 18.0 Å². The molecule has 0 radical (unpaired) electrons. The number of ether oxygens (including phenoxy) is 2. The minimum atomic E-state index is -2.82. The Labute approximate surface area is 182 Å². The van der Waals surface area contributed by atoms with Gasteiger partial charge in [-0.05, 0) is 18.1 Å². The monoisotopic (exact) mass is 450 g/mol. The van der Waals surface area contributed by atoms with E-state index in [2.05, 4.69) is 27.0 Å². The van der Waals surface area contributed by atoms with Gasteiger partial charge in [-0.15, -0.1) is 11.3 Å². The molecule has 1 atom stereocenters. The molecular weight excluding hydrogens is 426 g/mol. The van der Waals surface area contributed by atoms with Gasteiger partial charge in [-0.25, -0.2) is 18.6 Å². The van der Waals surface area contributed by atoms with E-state index in [4.69, 9.17) is 9.47 Å². The minimum absolute atomic E-state index is 0.306. The topological polar surface area (TPSA) is 84.5 Å². The summed E-state index contributed by atoms with van der Waals surface area (Å²) in [4.78, 5) is 16.6. The number of thiazole rings is 1. The average molecular weight is 451 g/mol. The third kappa shape index (κ3) is 5.38. The van der Waals surface area contributed by atoms with Crippen LogP contribution < -0.4 is 20.7 Å². The summed E-state index contributed by atoms with van der Waals surface area (Å²) in [7, 11) is 1.63. The van der Waals surface area contributed by atoms with Crippen molar-refractivity contribution in [2.45, 2.75) is 24.8 Å². The molecule has 2 aliphatic heterocycles. The Kier molecular flexibility index (Phi) is 6.49. The molecule has 2 aliphatic rings. The van der Waals surface area contributed by atoms with Crippen molar-refractivity contribution in [3.05, 3.63) is 35.2 Å². The molecular formula is C21H24F2N4O3S. The number of aromatic nitrogens is 1. The Morgan fingerprint density at radius 2 is 2.29 bits per heavy atom. The summed E-state index contributed by atoms with van der Waals surface area (Å²) in [5.74, 6) is -1.71. The molecule has 3 heterocycles. The van der Waals surface area contributed by atoms with Gasteiger partial charge in [0.15, 0.2) is 0 Å². The van der Waals surface area contributed by atoms with E-state index in [1.165, 1.54) is 16.9 Å². The molecule has 0 saturated carbocycles. The van der Waals surface area contributed by atoms with Crippen LogP contribution in [-0.4, -0.2) is 56.4 Å². The van der Waals surface area contributed by atoms with E-state index in [0.717, 1.165) is 23.3 Å². The number of halogens is 2. The lowest BCUT2D eigenvalue weighted by atomic mass is 9.99. The number of carbonyl (C=O) groups excluding carboxylic acids is 1. The second-order valence-electron chi connectivity index (χ2n) is 7.49. The summed E-state index contributed by atoms with van der Waals surface area (Å²) in [5.41, 5.74) is 3.08. The highest BCUT2D eigenvalue weighted by Crippen LogP contribution is 2.35. The number of urea groups is 1. The molecule has 1 fully saturated rings. The first-order valence-corrected chi connectivity index (χ1v) is 10.9. The molecule has 3 N–H and O–H groups in total. The van der Waals surface area contributed by atoms with Gasteiger partial charge in [0.25, 0.3) is 5.92 Å². The van der Waals surface area contributed by atoms with Gasteiger partial charge in [0, 0.05) is 35.5 Å². The van der Waals surface area contributed by atoms with Gasteiger partial charge in [-0.3, -0.25) is 5.32 Å². The average Bonchev–Trinajstić information content (AvgIpc) is 3.21. The normalized spacial score (nSPS) is 20.6. The molecule has 1 aromatic carbocycles. The SMILES string of the molecule is COc1cc(-c2nc(NC(=O)NC3CNCC(F)(F)C3)cs2)ccc1C1=CCOCC1. The molecule has 0 spiro atoms. The van der Waals surface area contributed by atoms with Crippen LogP contribution in [0.25, 0.3) is 16.1 Å². The number of alkyl halides is 2. The number of hydrogen-bond donors (Lipinski definition) is 3. The van der Waals surface area contributed by atoms with E-state index >= 15 is 0 Å². The molecule has 1 saturated heterocycles. The van der Waals surface area contributed by atoms with Crippen molar-refractivity contribution in [1.82, 2.24) is 15.6 Å². The van der Waals surface area contributed by atoms with Crippen molar-refractivity contribution in [1.29, 1.82) is 0 Å². The Morgan fingerprint density at radius 3 is 3.03 bits per heavy atom. The fraction of sp³-hybridized carbons (Fsp3) is 0.429. The lowest BCUT2D eigenvalue weighted by molar-refractivity contribution is -0.0294. The first kappa shape index (κ1) is 21.7. The standard InChI is InChI=1S/C21H24F2N4O3S/c1-29-17-8-14(2-3-16(17)13-4-6-30-7-5-13)19-26-18(11-31-19)27-20(28)25-15-9-21(22,23)12-24-10-15/h2-4,8,11,15,24H,5-7,9-10,12H2,1H3,(H2,25,27,28). The molecule has 0 bridgehead atoms. The van der Waals surface area contributed by atoms with Gasteiger partial charge in [-0.2, -0.15) is 0 Å². The number of rotatable bonds is 5. The van der Waals surface area contributed by atoms with Crippen LogP contribution in [0, 0.1) is 0 Å². The number of anilines is 1. The van der Waals surface area contributed by atoms with Crippen molar-refractivity contribution in [2.24, 2.45) is 0 Å². The molecule has 2 amide bonds. The van der Waals surface area contributed by atoms with E-state index in [1.54, 1.807) is 12.5 Å². The van der Waals surface area contributed by atoms with Crippen LogP contribution in [0.1, 0.15) is 18.4 Å². The number of hydrogen-bond acceptors (Lipinski definition) is 6. The van der Waals surface area contributed by atoms with Gasteiger partial charge >= 0.3 is 6.03 Å². The third-order valence-corrected chi connectivity index (χ3v) is 6.05. The summed E-state index contributed by atoms with van der Waals surface area (Å²) in [6, 6.07) is 4.69. The van der Waals surface area contributed by atoms with Crippen molar-refractivity contribution < 1.29 is 23.0 Å². The fourth-order valence-electron chi connectivity index (χ4n) is 3.70. The third-order valence-electron chi connectivity index (χ3n) is 5.16. The zero-order chi connectivity index (χ0) is 21.8. The number of benzene rings is 1. The quantitative estimate of drug-likeness (QED) is 0.646. The number of carbonyl (C=O) groups is 1. The van der Waals surface area contributed by atoms with Crippen LogP contribution in [0.4, 0.5) is 19.4 Å². The molecule has 166 valence electrons. The maximum absolute atomic E-state index is 13.5. The molecule has 1 aromatic heterocycles. The van der Waals surface area contributed by atoms with Gasteiger partial charge in [0.1, 0.15) is 16.6 Å². The summed E-state index contributed by atoms with van der Waals surface area (Å²) < 4.78 is 37.9. The molecule has 1 unspecified atom stereocenters. The van der Waals surface area contributed by atoms with Crippen molar-refractivity contribution in [3.63, 3.8) is 0 Å². The molecule has 2 aromatic rings. The summed E-state index contributed by atoms with van der Waals surface area (Å²) in [5, 5.41) is 10.2. The van der Waals surface area contributed by atoms with E-state index in [0.29, 0.717) is 30.6 Å². The van der Waals surface area contributed by atoms with E-state index in [1.807, 2.05) is 18.2 Å². The first-order valence-electron chi connectivity index (χ1n) is 10.0. The molecule has 7 nitrogen and oxygen atoms in total. The minimum Gasteiger partial charge on any atom is -0.496 e. The van der Waals surface area contributed by atoms with Crippen LogP contribution in [0.5, 0.6) is 5.75 Å². The highest BCUT2D eigenvalue weighted by atomic mass is 32.1. The fourth-order valence-corrected chi connectivity index (χ4v) is 4.45. The summed E-state index contributed by atoms with van der Waals surface area (Å²) in [6.07, 6.45) is 2.51. The smallest absolute Gasteiger partial charge is 0.320 e. The van der Waals surface area contributed by atoms with E-state index in [-0.39, 0.29) is 13.0 Å². The Bertz CT molecular complexity index is 979. The zero-order valence-corrected chi connectivity index (χ0v) is 17.9. The van der Waals surface area contributed by atoms with Crippen molar-refractivity contribution in [2.75, 3.05) is 38.7 Å². The highest BCUT2D eigenvalue weighted by Gasteiger charge is 2.36. The predicted octanol–water partition coefficient (Wildman–Crippen LogP) is 3.74. The predicted molar refractivity (Wildman–Crippen MR) is 116 cm³/mol. The maximum Gasteiger partial charge on any atom is 0.320 e. The first-order chi connectivity index (χ1) is 14.9. The van der Waals surface area contributed by atoms with Gasteiger partial charge in [-0.1, -0.05) is 18.2 Å². The zero-order valence-electron chi connectivity index (χ0n) is 17.0. The van der Waals surface area contributed by atoms with Gasteiger partial charge in [0.05, 0.1) is 26.9 Å². The van der Waals surface area contributed by atoms with E-state index in [9.17, 15) is 13.6 Å². The largest absolute Gasteiger partial charge is 0.496 e. The number of methoxy groups -OCH3 is 1. The molecule has 4 rings (SSSR count). The Hall–Kier alpha value is -2.56. The lowest BCUT2D eigenvalue weighted by Crippen LogP contribution is -2.54. The highest BCUT2D eigenvalue weighted by molar-refractivity contribution is 7.13.